The summed E-state index contributed by atoms with van der Waals surface area (Å²) < 4.78 is 27.4. The number of nitrogens with zero attached hydrogens (tertiary/aromatic N) is 1. The molecule has 1 aliphatic heterocycles. The SMILES string of the molecule is Cc1ccc(NC(=O)Nc2ccc(Cl)cc2)cc1S(=O)(=O)N1CCCCC1. The number of carbonyl (C=O) groups is 1. The van der Waals surface area contributed by atoms with Gasteiger partial charge in [0.25, 0.3) is 0 Å². The van der Waals surface area contributed by atoms with Gasteiger partial charge in [0.1, 0.15) is 0 Å². The molecule has 2 N–H and O–H groups in total. The van der Waals surface area contributed by atoms with Crippen molar-refractivity contribution in [1.29, 1.82) is 0 Å². The summed E-state index contributed by atoms with van der Waals surface area (Å²) in [5.41, 5.74) is 1.66. The van der Waals surface area contributed by atoms with Gasteiger partial charge in [-0.25, -0.2) is 13.2 Å². The van der Waals surface area contributed by atoms with Gasteiger partial charge < -0.3 is 10.6 Å². The van der Waals surface area contributed by atoms with E-state index in [1.165, 1.54) is 10.4 Å². The number of carbonyl (C=O) groups excluding carboxylic acids is 1. The monoisotopic (exact) mass is 407 g/mol. The van der Waals surface area contributed by atoms with E-state index in [1.54, 1.807) is 43.3 Å². The Bertz CT molecular complexity index is 924. The van der Waals surface area contributed by atoms with Gasteiger partial charge in [-0.1, -0.05) is 24.1 Å². The zero-order chi connectivity index (χ0) is 19.4. The van der Waals surface area contributed by atoms with Crippen LogP contribution in [0, 0.1) is 6.92 Å². The predicted molar refractivity (Wildman–Crippen MR) is 108 cm³/mol. The molecule has 0 spiro atoms. The van der Waals surface area contributed by atoms with Crippen LogP contribution in [0.15, 0.2) is 47.4 Å². The molecule has 2 aromatic rings. The molecule has 1 heterocycles. The number of rotatable bonds is 4. The number of urea groups is 1. The molecule has 27 heavy (non-hydrogen) atoms. The van der Waals surface area contributed by atoms with E-state index in [-0.39, 0.29) is 4.90 Å². The van der Waals surface area contributed by atoms with E-state index >= 15 is 0 Å². The maximum Gasteiger partial charge on any atom is 0.323 e. The summed E-state index contributed by atoms with van der Waals surface area (Å²) in [5.74, 6) is 0. The Labute approximate surface area is 164 Å². The van der Waals surface area contributed by atoms with Gasteiger partial charge in [0.15, 0.2) is 0 Å². The molecule has 0 radical (unpaired) electrons. The third-order valence-electron chi connectivity index (χ3n) is 4.48. The van der Waals surface area contributed by atoms with Crippen molar-refractivity contribution < 1.29 is 13.2 Å². The summed E-state index contributed by atoms with van der Waals surface area (Å²) in [7, 11) is -3.57. The standard InChI is InChI=1S/C19H22ClN3O3S/c1-14-5-8-17(22-19(24)21-16-9-6-15(20)7-10-16)13-18(14)27(25,26)23-11-3-2-4-12-23/h5-10,13H,2-4,11-12H2,1H3,(H2,21,22,24). The van der Waals surface area contributed by atoms with Gasteiger partial charge >= 0.3 is 6.03 Å². The fraction of sp³-hybridized carbons (Fsp3) is 0.316. The summed E-state index contributed by atoms with van der Waals surface area (Å²) >= 11 is 5.83. The number of piperidine rings is 1. The van der Waals surface area contributed by atoms with Gasteiger partial charge in [0.05, 0.1) is 4.90 Å². The van der Waals surface area contributed by atoms with Crippen molar-refractivity contribution in [2.24, 2.45) is 0 Å². The summed E-state index contributed by atoms with van der Waals surface area (Å²) in [4.78, 5) is 12.4. The first-order chi connectivity index (χ1) is 12.9. The Morgan fingerprint density at radius 3 is 2.22 bits per heavy atom. The van der Waals surface area contributed by atoms with Crippen molar-refractivity contribution >= 4 is 39.0 Å². The summed E-state index contributed by atoms with van der Waals surface area (Å²) in [6, 6.07) is 11.2. The van der Waals surface area contributed by atoms with Crippen LogP contribution in [-0.4, -0.2) is 31.8 Å². The summed E-state index contributed by atoms with van der Waals surface area (Å²) in [5, 5.41) is 5.94. The lowest BCUT2D eigenvalue weighted by Gasteiger charge is -2.26. The number of sulfonamides is 1. The molecule has 0 aliphatic carbocycles. The second-order valence-corrected chi connectivity index (χ2v) is 8.87. The van der Waals surface area contributed by atoms with Crippen LogP contribution >= 0.6 is 11.6 Å². The number of hydrogen-bond acceptors (Lipinski definition) is 3. The highest BCUT2D eigenvalue weighted by Crippen LogP contribution is 2.26. The smallest absolute Gasteiger partial charge is 0.308 e. The molecule has 1 saturated heterocycles. The van der Waals surface area contributed by atoms with Crippen LogP contribution in [-0.2, 0) is 10.0 Å². The van der Waals surface area contributed by atoms with E-state index in [0.29, 0.717) is 35.1 Å². The quantitative estimate of drug-likeness (QED) is 0.784. The maximum atomic E-state index is 13.0. The van der Waals surface area contributed by atoms with E-state index in [1.807, 2.05) is 0 Å². The van der Waals surface area contributed by atoms with Crippen LogP contribution in [0.1, 0.15) is 24.8 Å². The average Bonchev–Trinajstić information content (AvgIpc) is 2.66. The van der Waals surface area contributed by atoms with Gasteiger partial charge in [-0.15, -0.1) is 0 Å². The van der Waals surface area contributed by atoms with Crippen LogP contribution in [0.3, 0.4) is 0 Å². The third kappa shape index (κ3) is 4.80. The van der Waals surface area contributed by atoms with E-state index in [0.717, 1.165) is 19.3 Å². The molecule has 0 atom stereocenters. The highest BCUT2D eigenvalue weighted by Gasteiger charge is 2.27. The molecule has 1 aliphatic rings. The number of amides is 2. The molecule has 144 valence electrons. The number of halogens is 1. The van der Waals surface area contributed by atoms with E-state index in [9.17, 15) is 13.2 Å². The normalized spacial score (nSPS) is 15.3. The Hall–Kier alpha value is -2.09. The third-order valence-corrected chi connectivity index (χ3v) is 6.77. The first-order valence-corrected chi connectivity index (χ1v) is 10.6. The van der Waals surface area contributed by atoms with E-state index in [4.69, 9.17) is 11.6 Å². The van der Waals surface area contributed by atoms with Crippen LogP contribution in [0.5, 0.6) is 0 Å². The van der Waals surface area contributed by atoms with Gasteiger partial charge in [0.2, 0.25) is 10.0 Å². The minimum absolute atomic E-state index is 0.230. The van der Waals surface area contributed by atoms with Crippen LogP contribution in [0.25, 0.3) is 0 Å². The number of benzene rings is 2. The fourth-order valence-electron chi connectivity index (χ4n) is 3.03. The zero-order valence-corrected chi connectivity index (χ0v) is 16.6. The second kappa shape index (κ2) is 8.29. The van der Waals surface area contributed by atoms with Gasteiger partial charge in [0, 0.05) is 29.5 Å². The lowest BCUT2D eigenvalue weighted by Crippen LogP contribution is -2.36. The van der Waals surface area contributed by atoms with E-state index < -0.39 is 16.1 Å². The predicted octanol–water partition coefficient (Wildman–Crippen LogP) is 4.47. The van der Waals surface area contributed by atoms with Crippen LogP contribution in [0.2, 0.25) is 5.02 Å². The van der Waals surface area contributed by atoms with Crippen molar-refractivity contribution in [2.75, 3.05) is 23.7 Å². The molecule has 0 saturated carbocycles. The molecule has 2 amide bonds. The largest absolute Gasteiger partial charge is 0.323 e. The van der Waals surface area contributed by atoms with Gasteiger partial charge in [-0.05, 0) is 61.7 Å². The first-order valence-electron chi connectivity index (χ1n) is 8.80. The molecule has 3 rings (SSSR count). The summed E-state index contributed by atoms with van der Waals surface area (Å²) in [6.07, 6.45) is 2.80. The topological polar surface area (TPSA) is 78.5 Å². The Morgan fingerprint density at radius 2 is 1.56 bits per heavy atom. The summed E-state index contributed by atoms with van der Waals surface area (Å²) in [6.45, 7) is 2.83. The molecular weight excluding hydrogens is 386 g/mol. The van der Waals surface area contributed by atoms with Gasteiger partial charge in [-0.3, -0.25) is 0 Å². The van der Waals surface area contributed by atoms with Crippen molar-refractivity contribution in [3.05, 3.63) is 53.1 Å². The Morgan fingerprint density at radius 1 is 0.963 bits per heavy atom. The minimum atomic E-state index is -3.57. The highest BCUT2D eigenvalue weighted by molar-refractivity contribution is 7.89. The van der Waals surface area contributed by atoms with Crippen molar-refractivity contribution in [2.45, 2.75) is 31.1 Å². The number of nitrogens with one attached hydrogen (secondary N) is 2. The van der Waals surface area contributed by atoms with Gasteiger partial charge in [-0.2, -0.15) is 4.31 Å². The first kappa shape index (κ1) is 19.7. The fourth-order valence-corrected chi connectivity index (χ4v) is 4.92. The molecule has 0 aromatic heterocycles. The lowest BCUT2D eigenvalue weighted by molar-refractivity contribution is 0.262. The van der Waals surface area contributed by atoms with Crippen molar-refractivity contribution in [1.82, 2.24) is 4.31 Å². The lowest BCUT2D eigenvalue weighted by atomic mass is 10.2. The molecule has 8 heteroatoms. The molecular formula is C19H22ClN3O3S. The van der Waals surface area contributed by atoms with Crippen molar-refractivity contribution in [3.8, 4) is 0 Å². The molecule has 0 bridgehead atoms. The molecule has 0 unspecified atom stereocenters. The number of aryl methyl sites for hydroxylation is 1. The number of anilines is 2. The average molecular weight is 408 g/mol. The van der Waals surface area contributed by atoms with Crippen LogP contribution < -0.4 is 10.6 Å². The minimum Gasteiger partial charge on any atom is -0.308 e. The van der Waals surface area contributed by atoms with Crippen molar-refractivity contribution in [3.63, 3.8) is 0 Å². The molecule has 1 fully saturated rings. The molecule has 2 aromatic carbocycles. The second-order valence-electron chi connectivity index (χ2n) is 6.53. The van der Waals surface area contributed by atoms with Crippen LogP contribution in [0.4, 0.5) is 16.2 Å². The maximum absolute atomic E-state index is 13.0. The number of hydrogen-bond donors (Lipinski definition) is 2. The zero-order valence-electron chi connectivity index (χ0n) is 15.0. The highest BCUT2D eigenvalue weighted by atomic mass is 35.5. The van der Waals surface area contributed by atoms with E-state index in [2.05, 4.69) is 10.6 Å². The Balaban J connectivity index is 1.76. The Kier molecular flexibility index (Phi) is 6.04. The molecule has 6 nitrogen and oxygen atoms in total.